The quantitative estimate of drug-likeness (QED) is 0.145. The number of hydrogen-bond acceptors (Lipinski definition) is 4. The van der Waals surface area contributed by atoms with Gasteiger partial charge in [-0.05, 0) is 37.5 Å². The molecule has 1 rings (SSSR count). The van der Waals surface area contributed by atoms with Crippen LogP contribution in [0, 0.1) is 0 Å². The predicted molar refractivity (Wildman–Crippen MR) is 126 cm³/mol. The lowest BCUT2D eigenvalue weighted by Crippen LogP contribution is -2.39. The van der Waals surface area contributed by atoms with Crippen molar-refractivity contribution < 1.29 is 13.2 Å². The average Bonchev–Trinajstić information content (AvgIpc) is 2.65. The van der Waals surface area contributed by atoms with Gasteiger partial charge in [0.05, 0.1) is 18.0 Å². The molecule has 0 heterocycles. The van der Waals surface area contributed by atoms with Crippen LogP contribution >= 0.6 is 24.0 Å². The molecule has 0 saturated heterocycles. The number of nitrogens with zero attached hydrogens (tertiary/aromatic N) is 2. The highest BCUT2D eigenvalue weighted by Crippen LogP contribution is 2.11. The molecule has 0 saturated carbocycles. The number of hydrogen-bond donors (Lipinski definition) is 2. The zero-order valence-corrected chi connectivity index (χ0v) is 20.1. The van der Waals surface area contributed by atoms with E-state index in [1.54, 1.807) is 24.3 Å². The van der Waals surface area contributed by atoms with Gasteiger partial charge < -0.3 is 15.0 Å². The van der Waals surface area contributed by atoms with Crippen LogP contribution in [0.3, 0.4) is 0 Å². The van der Waals surface area contributed by atoms with E-state index in [2.05, 4.69) is 26.5 Å². The van der Waals surface area contributed by atoms with Crippen molar-refractivity contribution in [1.29, 1.82) is 0 Å². The molecule has 28 heavy (non-hydrogen) atoms. The molecular formula is C19H33IN4O3S. The Morgan fingerprint density at radius 3 is 2.57 bits per heavy atom. The number of guanidine groups is 1. The molecule has 0 spiro atoms. The van der Waals surface area contributed by atoms with E-state index in [9.17, 15) is 8.42 Å². The molecule has 0 bridgehead atoms. The molecule has 0 aliphatic heterocycles. The number of halogens is 1. The van der Waals surface area contributed by atoms with Crippen LogP contribution in [0.2, 0.25) is 0 Å². The number of ether oxygens (including phenoxy) is 1. The SMILES string of the molecule is C=CCCCN(C)C(=NCc1ccc(S(=O)(=O)NCCOC)cc1)NCC.I. The van der Waals surface area contributed by atoms with E-state index in [4.69, 9.17) is 4.74 Å². The lowest BCUT2D eigenvalue weighted by molar-refractivity contribution is 0.204. The zero-order valence-electron chi connectivity index (χ0n) is 17.0. The van der Waals surface area contributed by atoms with E-state index in [0.717, 1.165) is 37.5 Å². The van der Waals surface area contributed by atoms with Crippen molar-refractivity contribution in [1.82, 2.24) is 14.9 Å². The summed E-state index contributed by atoms with van der Waals surface area (Å²) in [6, 6.07) is 6.77. The third kappa shape index (κ3) is 9.85. The Kier molecular flexibility index (Phi) is 14.2. The Balaban J connectivity index is 0.00000729. The minimum Gasteiger partial charge on any atom is -0.383 e. The van der Waals surface area contributed by atoms with Gasteiger partial charge in [-0.15, -0.1) is 30.6 Å². The first-order chi connectivity index (χ1) is 12.9. The maximum absolute atomic E-state index is 12.2. The number of unbranched alkanes of at least 4 members (excludes halogenated alkanes) is 1. The second-order valence-electron chi connectivity index (χ2n) is 6.06. The average molecular weight is 524 g/mol. The van der Waals surface area contributed by atoms with Crippen molar-refractivity contribution in [2.45, 2.75) is 31.2 Å². The van der Waals surface area contributed by atoms with Crippen LogP contribution in [0.25, 0.3) is 0 Å². The van der Waals surface area contributed by atoms with Crippen LogP contribution in [-0.2, 0) is 21.3 Å². The molecule has 0 aliphatic rings. The fourth-order valence-electron chi connectivity index (χ4n) is 2.35. The van der Waals surface area contributed by atoms with Gasteiger partial charge in [0.2, 0.25) is 10.0 Å². The highest BCUT2D eigenvalue weighted by molar-refractivity contribution is 14.0. The Morgan fingerprint density at radius 2 is 2.00 bits per heavy atom. The van der Waals surface area contributed by atoms with E-state index in [1.807, 2.05) is 20.0 Å². The topological polar surface area (TPSA) is 83.0 Å². The fourth-order valence-corrected chi connectivity index (χ4v) is 3.36. The number of methoxy groups -OCH3 is 1. The number of nitrogens with one attached hydrogen (secondary N) is 2. The summed E-state index contributed by atoms with van der Waals surface area (Å²) in [5.41, 5.74) is 0.945. The number of rotatable bonds is 12. The van der Waals surface area contributed by atoms with Gasteiger partial charge in [-0.1, -0.05) is 18.2 Å². The van der Waals surface area contributed by atoms with Gasteiger partial charge in [0, 0.05) is 33.8 Å². The van der Waals surface area contributed by atoms with Gasteiger partial charge in [0.1, 0.15) is 0 Å². The fraction of sp³-hybridized carbons (Fsp3) is 0.526. The predicted octanol–water partition coefficient (Wildman–Crippen LogP) is 2.59. The van der Waals surface area contributed by atoms with Crippen molar-refractivity contribution in [3.05, 3.63) is 42.5 Å². The molecule has 0 aliphatic carbocycles. The Morgan fingerprint density at radius 1 is 1.32 bits per heavy atom. The smallest absolute Gasteiger partial charge is 0.240 e. The molecule has 7 nitrogen and oxygen atoms in total. The van der Waals surface area contributed by atoms with E-state index in [1.165, 1.54) is 7.11 Å². The van der Waals surface area contributed by atoms with Gasteiger partial charge in [-0.3, -0.25) is 0 Å². The van der Waals surface area contributed by atoms with Crippen LogP contribution < -0.4 is 10.0 Å². The summed E-state index contributed by atoms with van der Waals surface area (Å²) in [6.07, 6.45) is 3.91. The lowest BCUT2D eigenvalue weighted by atomic mass is 10.2. The molecule has 160 valence electrons. The summed E-state index contributed by atoms with van der Waals surface area (Å²) in [4.78, 5) is 6.96. The zero-order chi connectivity index (χ0) is 20.1. The van der Waals surface area contributed by atoms with E-state index >= 15 is 0 Å². The summed E-state index contributed by atoms with van der Waals surface area (Å²) in [5, 5.41) is 3.28. The van der Waals surface area contributed by atoms with Crippen molar-refractivity contribution >= 4 is 40.0 Å². The standard InChI is InChI=1S/C19H32N4O3S.HI/c1-5-7-8-14-23(3)19(20-6-2)21-16-17-9-11-18(12-10-17)27(24,25)22-13-15-26-4;/h5,9-12,22H,1,6-8,13-16H2,2-4H3,(H,20,21);1H. The Hall–Kier alpha value is -1.17. The van der Waals surface area contributed by atoms with Gasteiger partial charge in [-0.25, -0.2) is 18.1 Å². The molecule has 0 unspecified atom stereocenters. The van der Waals surface area contributed by atoms with Crippen LogP contribution in [-0.4, -0.2) is 59.7 Å². The van der Waals surface area contributed by atoms with Crippen molar-refractivity contribution in [2.24, 2.45) is 4.99 Å². The molecule has 0 amide bonds. The van der Waals surface area contributed by atoms with E-state index in [-0.39, 0.29) is 35.4 Å². The summed E-state index contributed by atoms with van der Waals surface area (Å²) in [5.74, 6) is 0.833. The second kappa shape index (κ2) is 14.8. The van der Waals surface area contributed by atoms with Gasteiger partial charge in [0.15, 0.2) is 5.96 Å². The first-order valence-corrected chi connectivity index (χ1v) is 10.6. The first kappa shape index (κ1) is 26.8. The number of aliphatic imine (C=N–C) groups is 1. The summed E-state index contributed by atoms with van der Waals surface area (Å²) >= 11 is 0. The third-order valence-electron chi connectivity index (χ3n) is 3.84. The second-order valence-corrected chi connectivity index (χ2v) is 7.82. The van der Waals surface area contributed by atoms with Crippen molar-refractivity contribution in [3.63, 3.8) is 0 Å². The van der Waals surface area contributed by atoms with Crippen LogP contribution in [0.4, 0.5) is 0 Å². The molecule has 2 N–H and O–H groups in total. The molecule has 1 aromatic carbocycles. The van der Waals surface area contributed by atoms with Gasteiger partial charge in [0.25, 0.3) is 0 Å². The Bertz CT molecular complexity index is 694. The Labute approximate surface area is 186 Å². The van der Waals surface area contributed by atoms with E-state index < -0.39 is 10.0 Å². The maximum atomic E-state index is 12.2. The van der Waals surface area contributed by atoms with E-state index in [0.29, 0.717) is 13.2 Å². The van der Waals surface area contributed by atoms with Gasteiger partial charge >= 0.3 is 0 Å². The molecular weight excluding hydrogens is 491 g/mol. The maximum Gasteiger partial charge on any atom is 0.240 e. The highest BCUT2D eigenvalue weighted by Gasteiger charge is 2.13. The van der Waals surface area contributed by atoms with Crippen LogP contribution in [0.5, 0.6) is 0 Å². The third-order valence-corrected chi connectivity index (χ3v) is 5.32. The van der Waals surface area contributed by atoms with Crippen molar-refractivity contribution in [3.8, 4) is 0 Å². The molecule has 0 fully saturated rings. The highest BCUT2D eigenvalue weighted by atomic mass is 127. The summed E-state index contributed by atoms with van der Waals surface area (Å²) in [6.45, 7) is 8.51. The molecule has 0 aromatic heterocycles. The first-order valence-electron chi connectivity index (χ1n) is 9.12. The molecule has 0 atom stereocenters. The van der Waals surface area contributed by atoms with Crippen LogP contribution in [0.15, 0.2) is 46.8 Å². The molecule has 9 heteroatoms. The molecule has 1 aromatic rings. The normalized spacial score (nSPS) is 11.6. The minimum absolute atomic E-state index is 0. The monoisotopic (exact) mass is 524 g/mol. The number of allylic oxidation sites excluding steroid dienone is 1. The van der Waals surface area contributed by atoms with Crippen molar-refractivity contribution in [2.75, 3.05) is 40.4 Å². The van der Waals surface area contributed by atoms with Gasteiger partial charge in [-0.2, -0.15) is 0 Å². The van der Waals surface area contributed by atoms with Crippen LogP contribution in [0.1, 0.15) is 25.3 Å². The molecule has 0 radical (unpaired) electrons. The summed E-state index contributed by atoms with van der Waals surface area (Å²) < 4.78 is 31.7. The number of benzene rings is 1. The summed E-state index contributed by atoms with van der Waals surface area (Å²) in [7, 11) is 0.0259. The largest absolute Gasteiger partial charge is 0.383 e. The minimum atomic E-state index is -3.51. The lowest BCUT2D eigenvalue weighted by Gasteiger charge is -2.21. The number of sulfonamides is 1.